The summed E-state index contributed by atoms with van der Waals surface area (Å²) in [5.74, 6) is -0.258. The van der Waals surface area contributed by atoms with E-state index in [2.05, 4.69) is 104 Å². The molecule has 2 heterocycles. The van der Waals surface area contributed by atoms with Gasteiger partial charge in [-0.25, -0.2) is 0 Å². The topological polar surface area (TPSA) is 228 Å². The van der Waals surface area contributed by atoms with Crippen molar-refractivity contribution in [1.82, 2.24) is 5.32 Å². The summed E-state index contributed by atoms with van der Waals surface area (Å²) < 4.78 is 22.6. The zero-order valence-electron chi connectivity index (χ0n) is 46.7. The van der Waals surface area contributed by atoms with Crippen molar-refractivity contribution in [3.05, 3.63) is 97.2 Å². The highest BCUT2D eigenvalue weighted by Crippen LogP contribution is 2.30. The van der Waals surface area contributed by atoms with Crippen molar-refractivity contribution in [1.29, 1.82) is 0 Å². The molecule has 9 N–H and O–H groups in total. The lowest BCUT2D eigenvalue weighted by Crippen LogP contribution is -2.65. The predicted octanol–water partition coefficient (Wildman–Crippen LogP) is 9.88. The van der Waals surface area contributed by atoms with E-state index < -0.39 is 86.8 Å². The molecule has 2 fully saturated rings. The Morgan fingerprint density at radius 3 is 1.43 bits per heavy atom. The number of hydrogen-bond donors (Lipinski definition) is 9. The summed E-state index contributed by atoms with van der Waals surface area (Å²) in [5.41, 5.74) is 0. The van der Waals surface area contributed by atoms with E-state index in [4.69, 9.17) is 18.9 Å². The lowest BCUT2D eigenvalue weighted by molar-refractivity contribution is -0.359. The van der Waals surface area contributed by atoms with E-state index in [9.17, 15) is 45.6 Å². The summed E-state index contributed by atoms with van der Waals surface area (Å²) in [7, 11) is 0. The molecule has 2 aliphatic heterocycles. The van der Waals surface area contributed by atoms with Crippen molar-refractivity contribution in [3.63, 3.8) is 0 Å². The maximum Gasteiger partial charge on any atom is 0.220 e. The van der Waals surface area contributed by atoms with Gasteiger partial charge in [0.1, 0.15) is 48.8 Å². The Labute approximate surface area is 458 Å². The minimum absolute atomic E-state index is 0.258. The van der Waals surface area contributed by atoms with Crippen LogP contribution in [0.1, 0.15) is 194 Å². The number of aliphatic hydroxyl groups is 8. The van der Waals surface area contributed by atoms with Gasteiger partial charge >= 0.3 is 0 Å². The third kappa shape index (κ3) is 32.1. The molecule has 0 aromatic rings. The molecule has 0 bridgehead atoms. The maximum absolute atomic E-state index is 13.2. The lowest BCUT2D eigenvalue weighted by Gasteiger charge is -2.46. The summed E-state index contributed by atoms with van der Waals surface area (Å²) in [4.78, 5) is 13.2. The number of nitrogens with one attached hydrogen (secondary N) is 1. The average Bonchev–Trinajstić information content (AvgIpc) is 3.42. The highest BCUT2D eigenvalue weighted by atomic mass is 16.7. The molecule has 0 aromatic heterocycles. The summed E-state index contributed by atoms with van der Waals surface area (Å²) in [6.07, 6.45) is 48.0. The SMILES string of the molecule is CC/C=C\C/C=C\C/C=C\C/C=C\C/C=C\C/C=C\CCCCCCCCCCCCCCCCCCC(=O)NC(COC1OC(CO)C(OC2OC(CO)C(O)C(O)C2O)C(O)C1O)C(O)/C=C/CC/C=C/CCC. The average molecular weight is 1070 g/mol. The van der Waals surface area contributed by atoms with E-state index >= 15 is 0 Å². The van der Waals surface area contributed by atoms with Gasteiger partial charge in [0, 0.05) is 6.42 Å². The second-order valence-corrected chi connectivity index (χ2v) is 20.4. The van der Waals surface area contributed by atoms with E-state index in [-0.39, 0.29) is 18.9 Å². The molecule has 0 radical (unpaired) electrons. The van der Waals surface area contributed by atoms with Crippen LogP contribution in [0.4, 0.5) is 0 Å². The van der Waals surface area contributed by atoms with Crippen LogP contribution >= 0.6 is 0 Å². The van der Waals surface area contributed by atoms with E-state index in [1.807, 2.05) is 6.08 Å². The number of carbonyl (C=O) groups is 1. The number of aliphatic hydroxyl groups excluding tert-OH is 8. The summed E-state index contributed by atoms with van der Waals surface area (Å²) in [5, 5.41) is 86.5. The Morgan fingerprint density at radius 2 is 0.921 bits per heavy atom. The molecule has 2 rings (SSSR count). The lowest BCUT2D eigenvalue weighted by atomic mass is 9.97. The van der Waals surface area contributed by atoms with Crippen LogP contribution in [0.2, 0.25) is 0 Å². The molecule has 0 aromatic carbocycles. The molecule has 12 atom stereocenters. The standard InChI is InChI=1S/C62H105NO13/c1-3-5-7-9-11-12-13-14-15-16-17-18-19-20-21-22-23-24-25-26-27-28-29-30-31-32-33-34-35-36-37-38-40-42-44-46-54(67)63-50(51(66)45-43-41-39-10-8-6-4-2)49-73-61-59(72)57(70)60(53(48-65)75-61)76-62-58(71)56(69)55(68)52(47-64)74-62/h5,7-8,10-12,14-15,17-18,20-21,23-24,43,45,50-53,55-62,64-66,68-72H,3-4,6,9,13,16,19,22,25-42,44,46-49H2,1-2H3,(H,63,67)/b7-5-,10-8+,12-11-,15-14-,18-17-,21-20-,24-23-,45-43+. The molecule has 2 aliphatic rings. The minimum Gasteiger partial charge on any atom is -0.394 e. The Bertz CT molecular complexity index is 1640. The molecular weight excluding hydrogens is 967 g/mol. The zero-order chi connectivity index (χ0) is 55.3. The van der Waals surface area contributed by atoms with Gasteiger partial charge in [0.25, 0.3) is 0 Å². The molecule has 12 unspecified atom stereocenters. The quantitative estimate of drug-likeness (QED) is 0.0205. The number of unbranched alkanes of at least 4 members (excludes halogenated alkanes) is 18. The van der Waals surface area contributed by atoms with Crippen molar-refractivity contribution < 1.29 is 64.6 Å². The van der Waals surface area contributed by atoms with Crippen LogP contribution in [0, 0.1) is 0 Å². The first-order valence-electron chi connectivity index (χ1n) is 29.5. The van der Waals surface area contributed by atoms with Crippen LogP contribution in [0.15, 0.2) is 97.2 Å². The number of carbonyl (C=O) groups excluding carboxylic acids is 1. The van der Waals surface area contributed by atoms with Crippen LogP contribution < -0.4 is 5.32 Å². The van der Waals surface area contributed by atoms with Gasteiger partial charge < -0.3 is 65.1 Å². The van der Waals surface area contributed by atoms with Crippen molar-refractivity contribution in [2.45, 2.75) is 267 Å². The van der Waals surface area contributed by atoms with Crippen LogP contribution in [-0.4, -0.2) is 140 Å². The third-order valence-electron chi connectivity index (χ3n) is 13.7. The molecule has 0 saturated carbocycles. The van der Waals surface area contributed by atoms with Gasteiger partial charge in [0.15, 0.2) is 12.6 Å². The fraction of sp³-hybridized carbons (Fsp3) is 0.726. The van der Waals surface area contributed by atoms with Crippen LogP contribution in [0.25, 0.3) is 0 Å². The first kappa shape index (κ1) is 69.0. The number of hydrogen-bond acceptors (Lipinski definition) is 13. The molecule has 14 heteroatoms. The normalized spacial score (nSPS) is 25.6. The van der Waals surface area contributed by atoms with Crippen molar-refractivity contribution >= 4 is 5.91 Å². The van der Waals surface area contributed by atoms with Gasteiger partial charge in [0.05, 0.1) is 32.0 Å². The number of allylic oxidation sites excluding steroid dienone is 15. The molecule has 1 amide bonds. The van der Waals surface area contributed by atoms with E-state index in [0.717, 1.165) is 77.0 Å². The Hall–Kier alpha value is -3.09. The largest absolute Gasteiger partial charge is 0.394 e. The Balaban J connectivity index is 1.57. The summed E-state index contributed by atoms with van der Waals surface area (Å²) in [6, 6.07) is -0.932. The second-order valence-electron chi connectivity index (χ2n) is 20.4. The third-order valence-corrected chi connectivity index (χ3v) is 13.7. The van der Waals surface area contributed by atoms with E-state index in [1.54, 1.807) is 6.08 Å². The molecule has 0 aliphatic carbocycles. The molecule has 0 spiro atoms. The second kappa shape index (κ2) is 46.8. The van der Waals surface area contributed by atoms with Crippen LogP contribution in [0.5, 0.6) is 0 Å². The van der Waals surface area contributed by atoms with Crippen LogP contribution in [0.3, 0.4) is 0 Å². The van der Waals surface area contributed by atoms with Crippen LogP contribution in [-0.2, 0) is 23.7 Å². The number of amides is 1. The van der Waals surface area contributed by atoms with E-state index in [0.29, 0.717) is 12.8 Å². The fourth-order valence-corrected chi connectivity index (χ4v) is 9.02. The van der Waals surface area contributed by atoms with E-state index in [1.165, 1.54) is 83.5 Å². The number of rotatable bonds is 45. The van der Waals surface area contributed by atoms with Gasteiger partial charge in [-0.15, -0.1) is 0 Å². The van der Waals surface area contributed by atoms with Gasteiger partial charge in [-0.1, -0.05) is 207 Å². The number of ether oxygens (including phenoxy) is 4. The molecule has 436 valence electrons. The highest BCUT2D eigenvalue weighted by molar-refractivity contribution is 5.76. The Morgan fingerprint density at radius 1 is 0.487 bits per heavy atom. The van der Waals surface area contributed by atoms with Gasteiger partial charge in [-0.05, 0) is 77.0 Å². The first-order valence-corrected chi connectivity index (χ1v) is 29.5. The minimum atomic E-state index is -1.79. The smallest absolute Gasteiger partial charge is 0.220 e. The predicted molar refractivity (Wildman–Crippen MR) is 304 cm³/mol. The molecule has 2 saturated heterocycles. The molecular formula is C62H105NO13. The van der Waals surface area contributed by atoms with Gasteiger partial charge in [-0.3, -0.25) is 4.79 Å². The molecule has 14 nitrogen and oxygen atoms in total. The monoisotopic (exact) mass is 1070 g/mol. The highest BCUT2D eigenvalue weighted by Gasteiger charge is 2.51. The summed E-state index contributed by atoms with van der Waals surface area (Å²) >= 11 is 0. The Kier molecular flexibility index (Phi) is 42.5. The first-order chi connectivity index (χ1) is 37.1. The van der Waals surface area contributed by atoms with Crippen molar-refractivity contribution in [3.8, 4) is 0 Å². The zero-order valence-corrected chi connectivity index (χ0v) is 46.7. The van der Waals surface area contributed by atoms with Gasteiger partial charge in [0.2, 0.25) is 5.91 Å². The molecule has 76 heavy (non-hydrogen) atoms. The maximum atomic E-state index is 13.2. The van der Waals surface area contributed by atoms with Crippen molar-refractivity contribution in [2.75, 3.05) is 19.8 Å². The van der Waals surface area contributed by atoms with Crippen molar-refractivity contribution in [2.24, 2.45) is 0 Å². The fourth-order valence-electron chi connectivity index (χ4n) is 9.02. The summed E-state index contributed by atoms with van der Waals surface area (Å²) in [6.45, 7) is 2.52. The van der Waals surface area contributed by atoms with Gasteiger partial charge in [-0.2, -0.15) is 0 Å².